The Hall–Kier alpha value is -4.11. The molecule has 1 aromatic heterocycles. The van der Waals surface area contributed by atoms with Crippen molar-refractivity contribution in [3.63, 3.8) is 0 Å². The molecule has 3 aliphatic heterocycles. The summed E-state index contributed by atoms with van der Waals surface area (Å²) in [5.74, 6) is 1.96. The molecule has 3 aromatic rings. The summed E-state index contributed by atoms with van der Waals surface area (Å²) in [4.78, 5) is 30.3. The molecule has 3 fully saturated rings. The summed E-state index contributed by atoms with van der Waals surface area (Å²) in [5, 5.41) is 0. The van der Waals surface area contributed by atoms with E-state index in [1.54, 1.807) is 6.08 Å². The van der Waals surface area contributed by atoms with E-state index in [4.69, 9.17) is 24.2 Å². The zero-order chi connectivity index (χ0) is 35.0. The van der Waals surface area contributed by atoms with Crippen molar-refractivity contribution in [3.8, 4) is 11.8 Å². The molecule has 5 aliphatic rings. The number of piperazine rings is 1. The number of amides is 1. The van der Waals surface area contributed by atoms with Crippen LogP contribution in [0.4, 0.5) is 10.6 Å². The van der Waals surface area contributed by atoms with E-state index in [1.807, 2.05) is 11.0 Å². The Bertz CT molecular complexity index is 1720. The normalized spacial score (nSPS) is 25.5. The molecular weight excluding hydrogens is 638 g/mol. The number of aryl methyl sites for hydroxylation is 1. The first-order valence-electron chi connectivity index (χ1n) is 19.3. The minimum atomic E-state index is -0.253. The van der Waals surface area contributed by atoms with E-state index in [9.17, 15) is 4.79 Å². The van der Waals surface area contributed by atoms with E-state index in [-0.39, 0.29) is 30.2 Å². The standard InChI is InChI=1S/C42H53N5O4/c1-4-22-49-41(48)45-25-32-15-16-33(26-45)47(32)39-36-18-20-42(24-38(36)43-40(44-39)51-28-34-13-9-21-46(34)29(2)3)19-8-12-31-14-17-35(23-37(31)42)50-27-30-10-6-5-7-11-30/h4-7,10-11,14,17,23,29,32-34H,1,8-9,12-13,15-16,18-22,24-28H2,2-3H3/t32-,33+,34-,42?/m0/s1. The van der Waals surface area contributed by atoms with Crippen molar-refractivity contribution in [2.75, 3.05) is 37.7 Å². The lowest BCUT2D eigenvalue weighted by Crippen LogP contribution is -2.56. The Balaban J connectivity index is 1.10. The van der Waals surface area contributed by atoms with Crippen molar-refractivity contribution in [1.82, 2.24) is 19.8 Å². The lowest BCUT2D eigenvalue weighted by atomic mass is 9.62. The van der Waals surface area contributed by atoms with Crippen LogP contribution in [0.2, 0.25) is 0 Å². The van der Waals surface area contributed by atoms with Crippen molar-refractivity contribution < 1.29 is 19.0 Å². The van der Waals surface area contributed by atoms with Gasteiger partial charge < -0.3 is 24.0 Å². The molecule has 4 atom stereocenters. The molecule has 0 N–H and O–H groups in total. The highest BCUT2D eigenvalue weighted by Crippen LogP contribution is 2.49. The molecule has 1 spiro atoms. The van der Waals surface area contributed by atoms with Crippen LogP contribution in [-0.2, 0) is 36.0 Å². The fraction of sp³-hybridized carbons (Fsp3) is 0.548. The van der Waals surface area contributed by atoms with Gasteiger partial charge in [0.05, 0.1) is 5.69 Å². The number of carbonyl (C=O) groups is 1. The Kier molecular flexibility index (Phi) is 9.66. The average Bonchev–Trinajstić information content (AvgIpc) is 3.73. The van der Waals surface area contributed by atoms with E-state index in [2.05, 4.69) is 72.7 Å². The summed E-state index contributed by atoms with van der Waals surface area (Å²) in [6, 6.07) is 18.9. The highest BCUT2D eigenvalue weighted by molar-refractivity contribution is 5.69. The summed E-state index contributed by atoms with van der Waals surface area (Å²) in [7, 11) is 0. The van der Waals surface area contributed by atoms with E-state index in [0.29, 0.717) is 44.4 Å². The first-order chi connectivity index (χ1) is 24.9. The SMILES string of the molecule is C=CCOC(=O)N1C[C@H]2CC[C@@H](C1)N2c1nc(OC[C@@H]2CCCN2C(C)C)nc2c1CCC1(CCCc3ccc(OCc4ccccc4)cc31)C2. The number of hydrogen-bond acceptors (Lipinski definition) is 8. The third-order valence-corrected chi connectivity index (χ3v) is 12.2. The lowest BCUT2D eigenvalue weighted by Gasteiger charge is -2.45. The Morgan fingerprint density at radius 3 is 2.61 bits per heavy atom. The summed E-state index contributed by atoms with van der Waals surface area (Å²) >= 11 is 0. The fourth-order valence-corrected chi connectivity index (χ4v) is 9.75. The predicted octanol–water partition coefficient (Wildman–Crippen LogP) is 7.05. The fourth-order valence-electron chi connectivity index (χ4n) is 9.75. The number of anilines is 1. The summed E-state index contributed by atoms with van der Waals surface area (Å²) < 4.78 is 18.4. The molecule has 1 unspecified atom stereocenters. The number of benzene rings is 2. The molecule has 2 aliphatic carbocycles. The van der Waals surface area contributed by atoms with Crippen LogP contribution >= 0.6 is 0 Å². The Morgan fingerprint density at radius 1 is 1.00 bits per heavy atom. The minimum absolute atomic E-state index is 0.00206. The first kappa shape index (κ1) is 34.0. The van der Waals surface area contributed by atoms with Gasteiger partial charge in [0.15, 0.2) is 0 Å². The maximum atomic E-state index is 12.9. The molecule has 9 nitrogen and oxygen atoms in total. The second kappa shape index (κ2) is 14.5. The van der Waals surface area contributed by atoms with Crippen LogP contribution < -0.4 is 14.4 Å². The molecule has 270 valence electrons. The van der Waals surface area contributed by atoms with Crippen molar-refractivity contribution in [2.24, 2.45) is 0 Å². The van der Waals surface area contributed by atoms with E-state index < -0.39 is 0 Å². The molecule has 4 heterocycles. The maximum Gasteiger partial charge on any atom is 0.410 e. The summed E-state index contributed by atoms with van der Waals surface area (Å²) in [6.45, 7) is 12.0. The third-order valence-electron chi connectivity index (χ3n) is 12.2. The predicted molar refractivity (Wildman–Crippen MR) is 199 cm³/mol. The van der Waals surface area contributed by atoms with Crippen LogP contribution in [0, 0.1) is 0 Å². The van der Waals surface area contributed by atoms with Gasteiger partial charge >= 0.3 is 12.1 Å². The van der Waals surface area contributed by atoms with Gasteiger partial charge in [-0.15, -0.1) is 0 Å². The largest absolute Gasteiger partial charge is 0.489 e. The number of aromatic nitrogens is 2. The van der Waals surface area contributed by atoms with Gasteiger partial charge in [-0.2, -0.15) is 9.97 Å². The van der Waals surface area contributed by atoms with Gasteiger partial charge in [-0.3, -0.25) is 4.90 Å². The molecule has 0 radical (unpaired) electrons. The molecule has 9 heteroatoms. The molecular formula is C42H53N5O4. The molecule has 8 rings (SSSR count). The van der Waals surface area contributed by atoms with Gasteiger partial charge in [0, 0.05) is 48.2 Å². The van der Waals surface area contributed by atoms with Crippen LogP contribution in [-0.4, -0.2) is 82.9 Å². The van der Waals surface area contributed by atoms with Crippen LogP contribution in [0.15, 0.2) is 61.2 Å². The monoisotopic (exact) mass is 691 g/mol. The number of fused-ring (bicyclic) bond motifs is 5. The molecule has 2 bridgehead atoms. The number of nitrogens with zero attached hydrogens (tertiary/aromatic N) is 5. The van der Waals surface area contributed by atoms with Gasteiger partial charge in [-0.25, -0.2) is 4.79 Å². The molecule has 3 saturated heterocycles. The zero-order valence-corrected chi connectivity index (χ0v) is 30.4. The third kappa shape index (κ3) is 6.82. The molecule has 1 amide bonds. The van der Waals surface area contributed by atoms with Crippen molar-refractivity contribution in [2.45, 2.75) is 114 Å². The van der Waals surface area contributed by atoms with Crippen LogP contribution in [0.1, 0.15) is 86.7 Å². The number of rotatable bonds is 10. The van der Waals surface area contributed by atoms with Gasteiger partial charge in [-0.05, 0) is 113 Å². The van der Waals surface area contributed by atoms with Gasteiger partial charge in [0.2, 0.25) is 0 Å². The lowest BCUT2D eigenvalue weighted by molar-refractivity contribution is 0.103. The summed E-state index contributed by atoms with van der Waals surface area (Å²) in [6.07, 6.45) is 12.0. The van der Waals surface area contributed by atoms with Gasteiger partial charge in [-0.1, -0.05) is 49.1 Å². The van der Waals surface area contributed by atoms with Crippen LogP contribution in [0.3, 0.4) is 0 Å². The van der Waals surface area contributed by atoms with E-state index in [0.717, 1.165) is 75.2 Å². The number of ether oxygens (including phenoxy) is 3. The number of likely N-dealkylation sites (tertiary alicyclic amines) is 2. The minimum Gasteiger partial charge on any atom is -0.489 e. The Morgan fingerprint density at radius 2 is 1.82 bits per heavy atom. The van der Waals surface area contributed by atoms with Crippen molar-refractivity contribution in [1.29, 1.82) is 0 Å². The molecule has 2 aromatic carbocycles. The highest BCUT2D eigenvalue weighted by Gasteiger charge is 2.46. The van der Waals surface area contributed by atoms with Crippen molar-refractivity contribution >= 4 is 11.9 Å². The molecule has 51 heavy (non-hydrogen) atoms. The van der Waals surface area contributed by atoms with Gasteiger partial charge in [0.25, 0.3) is 0 Å². The average molecular weight is 692 g/mol. The second-order valence-electron chi connectivity index (χ2n) is 15.7. The topological polar surface area (TPSA) is 80.3 Å². The molecule has 0 saturated carbocycles. The van der Waals surface area contributed by atoms with E-state index >= 15 is 0 Å². The summed E-state index contributed by atoms with van der Waals surface area (Å²) in [5.41, 5.74) is 6.44. The maximum absolute atomic E-state index is 12.9. The van der Waals surface area contributed by atoms with E-state index in [1.165, 1.54) is 35.1 Å². The quantitative estimate of drug-likeness (QED) is 0.210. The highest BCUT2D eigenvalue weighted by atomic mass is 16.6. The van der Waals surface area contributed by atoms with Crippen LogP contribution in [0.5, 0.6) is 11.8 Å². The smallest absolute Gasteiger partial charge is 0.410 e. The van der Waals surface area contributed by atoms with Crippen LogP contribution in [0.25, 0.3) is 0 Å². The second-order valence-corrected chi connectivity index (χ2v) is 15.7. The van der Waals surface area contributed by atoms with Crippen molar-refractivity contribution in [3.05, 3.63) is 89.1 Å². The number of carbonyl (C=O) groups excluding carboxylic acids is 1. The first-order valence-corrected chi connectivity index (χ1v) is 19.3. The number of hydrogen-bond donors (Lipinski definition) is 0. The van der Waals surface area contributed by atoms with Gasteiger partial charge in [0.1, 0.15) is 31.4 Å². The Labute approximate surface area is 303 Å². The zero-order valence-electron chi connectivity index (χ0n) is 30.4.